The summed E-state index contributed by atoms with van der Waals surface area (Å²) in [5.74, 6) is -0.599. The maximum absolute atomic E-state index is 9.60. The minimum Gasteiger partial charge on any atom is -0.388 e. The first-order valence-corrected chi connectivity index (χ1v) is 4.65. The smallest absolute Gasteiger partial charge is 0.164 e. The van der Waals surface area contributed by atoms with Gasteiger partial charge in [0.25, 0.3) is 0 Å². The molecule has 13 heavy (non-hydrogen) atoms. The molecule has 0 aromatic carbocycles. The third-order valence-electron chi connectivity index (χ3n) is 2.54. The molecule has 0 amide bonds. The Morgan fingerprint density at radius 2 is 1.85 bits per heavy atom. The minimum atomic E-state index is -0.599. The van der Waals surface area contributed by atoms with Crippen LogP contribution in [0.4, 0.5) is 0 Å². The van der Waals surface area contributed by atoms with Crippen molar-refractivity contribution in [2.45, 2.75) is 51.0 Å². The van der Waals surface area contributed by atoms with Crippen molar-refractivity contribution in [2.75, 3.05) is 6.61 Å². The average molecular weight is 188 g/mol. The lowest BCUT2D eigenvalue weighted by Gasteiger charge is -2.32. The zero-order valence-corrected chi connectivity index (χ0v) is 8.19. The number of hydrogen-bond donors (Lipinski definition) is 1. The van der Waals surface area contributed by atoms with E-state index in [1.54, 1.807) is 0 Å². The zero-order valence-electron chi connectivity index (χ0n) is 8.19. The highest BCUT2D eigenvalue weighted by Gasteiger charge is 2.50. The summed E-state index contributed by atoms with van der Waals surface area (Å²) in [6.45, 7) is 5.98. The Morgan fingerprint density at radius 3 is 2.46 bits per heavy atom. The van der Waals surface area contributed by atoms with Crippen LogP contribution in [0.3, 0.4) is 0 Å². The van der Waals surface area contributed by atoms with Gasteiger partial charge in [0.15, 0.2) is 5.79 Å². The summed E-state index contributed by atoms with van der Waals surface area (Å²) in [6, 6.07) is 0. The standard InChI is InChI=1S/C9H16O4/c1-5-7-8(6(10)4-11-5)13-9(2,3)12-7/h5-8,10H,4H2,1-3H3/t5-,6+,7+,8-/m1/s1. The molecule has 0 aromatic rings. The molecule has 4 heteroatoms. The van der Waals surface area contributed by atoms with Gasteiger partial charge >= 0.3 is 0 Å². The quantitative estimate of drug-likeness (QED) is 0.593. The van der Waals surface area contributed by atoms with Crippen LogP contribution in [-0.2, 0) is 14.2 Å². The van der Waals surface area contributed by atoms with Crippen LogP contribution in [0.2, 0.25) is 0 Å². The summed E-state index contributed by atoms with van der Waals surface area (Å²) >= 11 is 0. The van der Waals surface area contributed by atoms with Crippen molar-refractivity contribution in [1.82, 2.24) is 0 Å². The van der Waals surface area contributed by atoms with Gasteiger partial charge in [-0.05, 0) is 20.8 Å². The van der Waals surface area contributed by atoms with Gasteiger partial charge < -0.3 is 19.3 Å². The molecular weight excluding hydrogens is 172 g/mol. The Morgan fingerprint density at radius 1 is 1.23 bits per heavy atom. The van der Waals surface area contributed by atoms with E-state index in [0.717, 1.165) is 0 Å². The molecule has 4 atom stereocenters. The van der Waals surface area contributed by atoms with Gasteiger partial charge in [-0.25, -0.2) is 0 Å². The normalized spacial score (nSPS) is 48.9. The van der Waals surface area contributed by atoms with E-state index < -0.39 is 11.9 Å². The van der Waals surface area contributed by atoms with Crippen LogP contribution in [0.1, 0.15) is 20.8 Å². The van der Waals surface area contributed by atoms with Gasteiger partial charge in [-0.2, -0.15) is 0 Å². The van der Waals surface area contributed by atoms with Crippen molar-refractivity contribution < 1.29 is 19.3 Å². The second-order valence-corrected chi connectivity index (χ2v) is 4.17. The van der Waals surface area contributed by atoms with Crippen molar-refractivity contribution in [3.8, 4) is 0 Å². The summed E-state index contributed by atoms with van der Waals surface area (Å²) in [6.07, 6.45) is -0.948. The second kappa shape index (κ2) is 2.92. The number of aliphatic hydroxyl groups excluding tert-OH is 1. The van der Waals surface area contributed by atoms with Gasteiger partial charge in [-0.3, -0.25) is 0 Å². The highest BCUT2D eigenvalue weighted by molar-refractivity contribution is 4.93. The van der Waals surface area contributed by atoms with E-state index in [1.165, 1.54) is 0 Å². The van der Waals surface area contributed by atoms with Crippen LogP contribution in [0.5, 0.6) is 0 Å². The van der Waals surface area contributed by atoms with E-state index in [-0.39, 0.29) is 18.3 Å². The van der Waals surface area contributed by atoms with Crippen molar-refractivity contribution in [3.63, 3.8) is 0 Å². The van der Waals surface area contributed by atoms with E-state index in [9.17, 15) is 5.11 Å². The third kappa shape index (κ3) is 1.59. The van der Waals surface area contributed by atoms with E-state index in [2.05, 4.69) is 0 Å². The largest absolute Gasteiger partial charge is 0.388 e. The highest BCUT2D eigenvalue weighted by atomic mass is 16.8. The van der Waals surface area contributed by atoms with Crippen LogP contribution in [0.15, 0.2) is 0 Å². The summed E-state index contributed by atoms with van der Waals surface area (Å²) < 4.78 is 16.6. The van der Waals surface area contributed by atoms with Crippen molar-refractivity contribution >= 4 is 0 Å². The third-order valence-corrected chi connectivity index (χ3v) is 2.54. The van der Waals surface area contributed by atoms with Crippen molar-refractivity contribution in [2.24, 2.45) is 0 Å². The topological polar surface area (TPSA) is 47.9 Å². The van der Waals surface area contributed by atoms with Crippen LogP contribution in [0, 0.1) is 0 Å². The van der Waals surface area contributed by atoms with Gasteiger partial charge in [0.1, 0.15) is 18.3 Å². The molecule has 0 unspecified atom stereocenters. The van der Waals surface area contributed by atoms with E-state index in [0.29, 0.717) is 6.61 Å². The molecule has 2 aliphatic heterocycles. The molecule has 0 aliphatic carbocycles. The number of ether oxygens (including phenoxy) is 3. The fraction of sp³-hybridized carbons (Fsp3) is 1.00. The molecule has 0 spiro atoms. The predicted molar refractivity (Wildman–Crippen MR) is 45.2 cm³/mol. The summed E-state index contributed by atoms with van der Waals surface area (Å²) in [5.41, 5.74) is 0. The van der Waals surface area contributed by atoms with E-state index in [4.69, 9.17) is 14.2 Å². The summed E-state index contributed by atoms with van der Waals surface area (Å²) in [7, 11) is 0. The van der Waals surface area contributed by atoms with Crippen LogP contribution >= 0.6 is 0 Å². The monoisotopic (exact) mass is 188 g/mol. The fourth-order valence-corrected chi connectivity index (χ4v) is 1.92. The van der Waals surface area contributed by atoms with E-state index in [1.807, 2.05) is 20.8 Å². The average Bonchev–Trinajstić information content (AvgIpc) is 2.35. The molecule has 2 fully saturated rings. The predicted octanol–water partition coefficient (Wildman–Crippen LogP) is 0.286. The van der Waals surface area contributed by atoms with Gasteiger partial charge in [0.2, 0.25) is 0 Å². The maximum Gasteiger partial charge on any atom is 0.164 e. The zero-order chi connectivity index (χ0) is 9.64. The SMILES string of the molecule is C[C@H]1OC[C@H](O)[C@H]2OC(C)(C)O[C@H]21. The molecule has 2 heterocycles. The lowest BCUT2D eigenvalue weighted by atomic mass is 10.0. The van der Waals surface area contributed by atoms with Gasteiger partial charge in [-0.1, -0.05) is 0 Å². The Bertz CT molecular complexity index is 184. The molecule has 1 N–H and O–H groups in total. The summed E-state index contributed by atoms with van der Waals surface area (Å²) in [5, 5.41) is 9.60. The van der Waals surface area contributed by atoms with Crippen LogP contribution in [0.25, 0.3) is 0 Å². The Labute approximate surface area is 77.8 Å². The van der Waals surface area contributed by atoms with Gasteiger partial charge in [0, 0.05) is 0 Å². The molecule has 0 bridgehead atoms. The Balaban J connectivity index is 2.14. The molecule has 2 aliphatic rings. The first-order chi connectivity index (χ1) is 5.99. The van der Waals surface area contributed by atoms with Crippen LogP contribution in [-0.4, -0.2) is 41.9 Å². The molecule has 76 valence electrons. The molecule has 2 rings (SSSR count). The van der Waals surface area contributed by atoms with Crippen molar-refractivity contribution in [1.29, 1.82) is 0 Å². The Kier molecular flexibility index (Phi) is 2.11. The molecule has 0 saturated carbocycles. The second-order valence-electron chi connectivity index (χ2n) is 4.17. The molecular formula is C9H16O4. The number of rotatable bonds is 0. The molecule has 4 nitrogen and oxygen atoms in total. The van der Waals surface area contributed by atoms with Crippen LogP contribution < -0.4 is 0 Å². The van der Waals surface area contributed by atoms with Gasteiger partial charge in [0.05, 0.1) is 12.7 Å². The number of hydrogen-bond acceptors (Lipinski definition) is 4. The number of aliphatic hydroxyl groups is 1. The lowest BCUT2D eigenvalue weighted by molar-refractivity contribution is -0.153. The number of fused-ring (bicyclic) bond motifs is 1. The first-order valence-electron chi connectivity index (χ1n) is 4.65. The van der Waals surface area contributed by atoms with E-state index >= 15 is 0 Å². The van der Waals surface area contributed by atoms with Crippen molar-refractivity contribution in [3.05, 3.63) is 0 Å². The summed E-state index contributed by atoms with van der Waals surface area (Å²) in [4.78, 5) is 0. The fourth-order valence-electron chi connectivity index (χ4n) is 1.92. The minimum absolute atomic E-state index is 0.00447. The highest BCUT2D eigenvalue weighted by Crippen LogP contribution is 2.34. The molecule has 0 aromatic heterocycles. The molecule has 2 saturated heterocycles. The Hall–Kier alpha value is -0.160. The molecule has 0 radical (unpaired) electrons. The van der Waals surface area contributed by atoms with Gasteiger partial charge in [-0.15, -0.1) is 0 Å². The maximum atomic E-state index is 9.60. The first kappa shape index (κ1) is 9.40. The lowest BCUT2D eigenvalue weighted by Crippen LogP contribution is -2.50.